The summed E-state index contributed by atoms with van der Waals surface area (Å²) in [6.07, 6.45) is 1.68. The SMILES string of the molecule is CCCc1cc(=O)[nH]c(SC(C)C(=O)NCc2ccc(C)cc2)n1. The Balaban J connectivity index is 1.93. The molecule has 5 nitrogen and oxygen atoms in total. The first-order valence-electron chi connectivity index (χ1n) is 8.08. The number of H-pyrrole nitrogens is 1. The maximum absolute atomic E-state index is 12.2. The number of carbonyl (C=O) groups excluding carboxylic acids is 1. The van der Waals surface area contributed by atoms with E-state index in [4.69, 9.17) is 0 Å². The summed E-state index contributed by atoms with van der Waals surface area (Å²) in [7, 11) is 0. The fourth-order valence-electron chi connectivity index (χ4n) is 2.18. The van der Waals surface area contributed by atoms with Crippen LogP contribution in [-0.2, 0) is 17.8 Å². The number of nitrogens with one attached hydrogen (secondary N) is 2. The lowest BCUT2D eigenvalue weighted by Crippen LogP contribution is -2.30. The van der Waals surface area contributed by atoms with Gasteiger partial charge in [0.1, 0.15) is 0 Å². The highest BCUT2D eigenvalue weighted by Crippen LogP contribution is 2.19. The van der Waals surface area contributed by atoms with Gasteiger partial charge in [-0.25, -0.2) is 4.98 Å². The van der Waals surface area contributed by atoms with Crippen molar-refractivity contribution < 1.29 is 4.79 Å². The summed E-state index contributed by atoms with van der Waals surface area (Å²) in [6, 6.07) is 9.55. The average molecular weight is 345 g/mol. The summed E-state index contributed by atoms with van der Waals surface area (Å²) < 4.78 is 0. The van der Waals surface area contributed by atoms with Crippen molar-refractivity contribution in [3.8, 4) is 0 Å². The molecule has 1 aromatic heterocycles. The number of nitrogens with zero attached hydrogens (tertiary/aromatic N) is 1. The number of aromatic nitrogens is 2. The highest BCUT2D eigenvalue weighted by atomic mass is 32.2. The van der Waals surface area contributed by atoms with Crippen LogP contribution in [-0.4, -0.2) is 21.1 Å². The molecule has 0 spiro atoms. The van der Waals surface area contributed by atoms with Crippen molar-refractivity contribution in [2.24, 2.45) is 0 Å². The van der Waals surface area contributed by atoms with E-state index in [-0.39, 0.29) is 16.7 Å². The molecule has 0 radical (unpaired) electrons. The third-order valence-corrected chi connectivity index (χ3v) is 4.51. The molecule has 1 atom stereocenters. The Morgan fingerprint density at radius 2 is 2.04 bits per heavy atom. The number of thioether (sulfide) groups is 1. The van der Waals surface area contributed by atoms with Crippen molar-refractivity contribution in [2.75, 3.05) is 0 Å². The zero-order valence-electron chi connectivity index (χ0n) is 14.3. The zero-order valence-corrected chi connectivity index (χ0v) is 15.1. The van der Waals surface area contributed by atoms with Crippen LogP contribution in [0.1, 0.15) is 37.1 Å². The second-order valence-electron chi connectivity index (χ2n) is 5.76. The molecule has 2 rings (SSSR count). The van der Waals surface area contributed by atoms with Crippen LogP contribution < -0.4 is 10.9 Å². The van der Waals surface area contributed by atoms with Gasteiger partial charge in [-0.2, -0.15) is 0 Å². The van der Waals surface area contributed by atoms with E-state index in [1.165, 1.54) is 23.4 Å². The summed E-state index contributed by atoms with van der Waals surface area (Å²) >= 11 is 1.26. The van der Waals surface area contributed by atoms with Gasteiger partial charge in [0.25, 0.3) is 5.56 Å². The van der Waals surface area contributed by atoms with Crippen molar-refractivity contribution in [1.82, 2.24) is 15.3 Å². The highest BCUT2D eigenvalue weighted by molar-refractivity contribution is 8.00. The number of carbonyl (C=O) groups is 1. The molecule has 1 amide bonds. The van der Waals surface area contributed by atoms with E-state index >= 15 is 0 Å². The largest absolute Gasteiger partial charge is 0.351 e. The van der Waals surface area contributed by atoms with E-state index < -0.39 is 0 Å². The summed E-state index contributed by atoms with van der Waals surface area (Å²) in [4.78, 5) is 31.0. The molecule has 1 heterocycles. The molecule has 1 unspecified atom stereocenters. The third kappa shape index (κ3) is 5.53. The number of aryl methyl sites for hydroxylation is 2. The molecular formula is C18H23N3O2S. The van der Waals surface area contributed by atoms with Crippen LogP contribution in [0.25, 0.3) is 0 Å². The monoisotopic (exact) mass is 345 g/mol. The molecule has 0 saturated carbocycles. The Kier molecular flexibility index (Phi) is 6.61. The van der Waals surface area contributed by atoms with Gasteiger partial charge < -0.3 is 10.3 Å². The minimum absolute atomic E-state index is 0.0795. The quantitative estimate of drug-likeness (QED) is 0.598. The highest BCUT2D eigenvalue weighted by Gasteiger charge is 2.16. The maximum atomic E-state index is 12.2. The molecular weight excluding hydrogens is 322 g/mol. The van der Waals surface area contributed by atoms with Crippen LogP contribution in [0.2, 0.25) is 0 Å². The van der Waals surface area contributed by atoms with E-state index in [1.54, 1.807) is 0 Å². The molecule has 128 valence electrons. The molecule has 0 aliphatic heterocycles. The van der Waals surface area contributed by atoms with E-state index in [0.29, 0.717) is 11.7 Å². The number of hydrogen-bond donors (Lipinski definition) is 2. The van der Waals surface area contributed by atoms with Crippen molar-refractivity contribution in [1.29, 1.82) is 0 Å². The van der Waals surface area contributed by atoms with Crippen LogP contribution >= 0.6 is 11.8 Å². The number of aromatic amines is 1. The zero-order chi connectivity index (χ0) is 17.5. The van der Waals surface area contributed by atoms with Crippen molar-refractivity contribution >= 4 is 17.7 Å². The normalized spacial score (nSPS) is 12.0. The van der Waals surface area contributed by atoms with Crippen LogP contribution in [0.3, 0.4) is 0 Å². The second kappa shape index (κ2) is 8.68. The van der Waals surface area contributed by atoms with E-state index in [0.717, 1.165) is 24.1 Å². The topological polar surface area (TPSA) is 74.8 Å². The minimum Gasteiger partial charge on any atom is -0.351 e. The van der Waals surface area contributed by atoms with Gasteiger partial charge in [0, 0.05) is 18.3 Å². The van der Waals surface area contributed by atoms with Gasteiger partial charge in [0.2, 0.25) is 5.91 Å². The Morgan fingerprint density at radius 1 is 1.33 bits per heavy atom. The molecule has 2 aromatic rings. The number of amides is 1. The van der Waals surface area contributed by atoms with Gasteiger partial charge in [-0.3, -0.25) is 9.59 Å². The van der Waals surface area contributed by atoms with Gasteiger partial charge in [0.05, 0.1) is 5.25 Å². The Bertz CT molecular complexity index is 741. The van der Waals surface area contributed by atoms with E-state index in [1.807, 2.05) is 45.0 Å². The summed E-state index contributed by atoms with van der Waals surface area (Å²) in [5, 5.41) is 3.07. The molecule has 0 bridgehead atoms. The average Bonchev–Trinajstić information content (AvgIpc) is 2.53. The third-order valence-electron chi connectivity index (χ3n) is 3.52. The van der Waals surface area contributed by atoms with E-state index in [9.17, 15) is 9.59 Å². The van der Waals surface area contributed by atoms with Crippen molar-refractivity contribution in [2.45, 2.75) is 50.6 Å². The minimum atomic E-state index is -0.338. The lowest BCUT2D eigenvalue weighted by Gasteiger charge is -2.12. The first-order valence-corrected chi connectivity index (χ1v) is 8.96. The lowest BCUT2D eigenvalue weighted by atomic mass is 10.1. The second-order valence-corrected chi connectivity index (χ2v) is 7.08. The molecule has 0 aliphatic carbocycles. The Morgan fingerprint density at radius 3 is 2.71 bits per heavy atom. The smallest absolute Gasteiger partial charge is 0.251 e. The van der Waals surface area contributed by atoms with Crippen LogP contribution in [0, 0.1) is 6.92 Å². The molecule has 1 aromatic carbocycles. The van der Waals surface area contributed by atoms with Gasteiger partial charge in [0.15, 0.2) is 5.16 Å². The van der Waals surface area contributed by atoms with E-state index in [2.05, 4.69) is 15.3 Å². The van der Waals surface area contributed by atoms with Gasteiger partial charge in [-0.15, -0.1) is 0 Å². The summed E-state index contributed by atoms with van der Waals surface area (Å²) in [5.41, 5.74) is 2.83. The predicted molar refractivity (Wildman–Crippen MR) is 97.2 cm³/mol. The fourth-order valence-corrected chi connectivity index (χ4v) is 3.04. The van der Waals surface area contributed by atoms with Crippen molar-refractivity contribution in [3.05, 3.63) is 57.5 Å². The lowest BCUT2D eigenvalue weighted by molar-refractivity contribution is -0.120. The molecule has 0 saturated heterocycles. The first kappa shape index (κ1) is 18.3. The Hall–Kier alpha value is -2.08. The van der Waals surface area contributed by atoms with Crippen molar-refractivity contribution in [3.63, 3.8) is 0 Å². The van der Waals surface area contributed by atoms with Crippen LogP contribution in [0.5, 0.6) is 0 Å². The van der Waals surface area contributed by atoms with Gasteiger partial charge in [-0.1, -0.05) is 54.9 Å². The van der Waals surface area contributed by atoms with Crippen LogP contribution in [0.15, 0.2) is 40.3 Å². The van der Waals surface area contributed by atoms with Gasteiger partial charge in [-0.05, 0) is 25.8 Å². The molecule has 24 heavy (non-hydrogen) atoms. The molecule has 0 fully saturated rings. The number of hydrogen-bond acceptors (Lipinski definition) is 4. The molecule has 0 aliphatic rings. The van der Waals surface area contributed by atoms with Gasteiger partial charge >= 0.3 is 0 Å². The molecule has 6 heteroatoms. The maximum Gasteiger partial charge on any atom is 0.251 e. The summed E-state index contributed by atoms with van der Waals surface area (Å²) in [6.45, 7) is 6.36. The standard InChI is InChI=1S/C18H23N3O2S/c1-4-5-15-10-16(22)21-18(20-15)24-13(3)17(23)19-11-14-8-6-12(2)7-9-14/h6-10,13H,4-5,11H2,1-3H3,(H,19,23)(H,20,21,22). The van der Waals surface area contributed by atoms with Crippen LogP contribution in [0.4, 0.5) is 0 Å². The number of rotatable bonds is 7. The number of benzene rings is 1. The Labute approximate surface area is 146 Å². The first-order chi connectivity index (χ1) is 11.5. The predicted octanol–water partition coefficient (Wildman–Crippen LogP) is 2.83. The fraction of sp³-hybridized carbons (Fsp3) is 0.389. The molecule has 2 N–H and O–H groups in total. The summed E-state index contributed by atoms with van der Waals surface area (Å²) in [5.74, 6) is -0.0795.